The smallest absolute Gasteiger partial charge is 0.413 e. The lowest BCUT2D eigenvalue weighted by atomic mass is 10.1. The van der Waals surface area contributed by atoms with Gasteiger partial charge in [-0.15, -0.1) is 0 Å². The summed E-state index contributed by atoms with van der Waals surface area (Å²) in [6.07, 6.45) is 0.00192. The van der Waals surface area contributed by atoms with Crippen molar-refractivity contribution < 1.29 is 14.3 Å². The number of imide groups is 1. The lowest BCUT2D eigenvalue weighted by Gasteiger charge is -2.16. The number of benzene rings is 1. The quantitative estimate of drug-likeness (QED) is 0.615. The molecule has 2 rings (SSSR count). The first-order valence-electron chi connectivity index (χ1n) is 8.38. The van der Waals surface area contributed by atoms with Gasteiger partial charge in [0, 0.05) is 6.54 Å². The van der Waals surface area contributed by atoms with Crippen LogP contribution >= 0.6 is 11.8 Å². The highest BCUT2D eigenvalue weighted by Crippen LogP contribution is 2.23. The summed E-state index contributed by atoms with van der Waals surface area (Å²) in [5.41, 5.74) is 0.459. The van der Waals surface area contributed by atoms with E-state index in [1.807, 2.05) is 6.07 Å². The molecule has 26 heavy (non-hydrogen) atoms. The van der Waals surface area contributed by atoms with Crippen LogP contribution in [0.5, 0.6) is 0 Å². The molecule has 0 aliphatic heterocycles. The summed E-state index contributed by atoms with van der Waals surface area (Å²) in [6, 6.07) is 7.14. The van der Waals surface area contributed by atoms with E-state index in [0.29, 0.717) is 28.5 Å². The number of ether oxygens (including phenoxy) is 1. The summed E-state index contributed by atoms with van der Waals surface area (Å²) in [5.74, 6) is -0.0778. The van der Waals surface area contributed by atoms with Crippen molar-refractivity contribution in [1.82, 2.24) is 14.9 Å². The van der Waals surface area contributed by atoms with Crippen molar-refractivity contribution in [2.75, 3.05) is 7.11 Å². The number of carbonyl (C=O) groups is 2. The lowest BCUT2D eigenvalue weighted by molar-refractivity contribution is -0.119. The summed E-state index contributed by atoms with van der Waals surface area (Å²) >= 11 is 1.14. The number of aromatic nitrogens is 2. The van der Waals surface area contributed by atoms with Gasteiger partial charge < -0.3 is 4.74 Å². The standard InChI is InChI=1S/C18H23N3O4S/c1-11(2)9-10-21-16(23)13-7-5-6-8-14(13)19-17(21)26-12(3)15(22)20-18(24)25-4/h5-8,11-12H,9-10H2,1-4H3,(H,20,22,24)/t12-/m0/s1. The minimum atomic E-state index is -0.814. The number of amides is 2. The van der Waals surface area contributed by atoms with Gasteiger partial charge in [-0.05, 0) is 31.4 Å². The molecule has 2 amide bonds. The van der Waals surface area contributed by atoms with Crippen LogP contribution in [0.1, 0.15) is 27.2 Å². The van der Waals surface area contributed by atoms with Crippen LogP contribution in [0, 0.1) is 5.92 Å². The van der Waals surface area contributed by atoms with Crippen molar-refractivity contribution in [3.63, 3.8) is 0 Å². The highest BCUT2D eigenvalue weighted by Gasteiger charge is 2.21. The molecule has 0 fully saturated rings. The molecule has 8 heteroatoms. The number of hydrogen-bond donors (Lipinski definition) is 1. The van der Waals surface area contributed by atoms with Crippen molar-refractivity contribution in [3.8, 4) is 0 Å². The van der Waals surface area contributed by atoms with Crippen LogP contribution in [-0.2, 0) is 16.1 Å². The van der Waals surface area contributed by atoms with Gasteiger partial charge in [-0.3, -0.25) is 19.5 Å². The van der Waals surface area contributed by atoms with Gasteiger partial charge in [0.1, 0.15) is 0 Å². The minimum Gasteiger partial charge on any atom is -0.453 e. The number of nitrogens with one attached hydrogen (secondary N) is 1. The summed E-state index contributed by atoms with van der Waals surface area (Å²) in [5, 5.41) is 2.53. The number of alkyl carbamates (subject to hydrolysis) is 1. The van der Waals surface area contributed by atoms with E-state index in [9.17, 15) is 14.4 Å². The Bertz CT molecular complexity index is 863. The maximum atomic E-state index is 12.9. The highest BCUT2D eigenvalue weighted by atomic mass is 32.2. The van der Waals surface area contributed by atoms with Gasteiger partial charge in [0.15, 0.2) is 5.16 Å². The number of para-hydroxylation sites is 1. The molecule has 2 aromatic rings. The average Bonchev–Trinajstić information content (AvgIpc) is 2.61. The molecule has 0 bridgehead atoms. The fourth-order valence-electron chi connectivity index (χ4n) is 2.29. The molecule has 140 valence electrons. The third-order valence-corrected chi connectivity index (χ3v) is 4.91. The largest absolute Gasteiger partial charge is 0.453 e. The average molecular weight is 377 g/mol. The zero-order chi connectivity index (χ0) is 19.3. The van der Waals surface area contributed by atoms with E-state index < -0.39 is 17.3 Å². The molecule has 0 radical (unpaired) electrons. The summed E-state index contributed by atoms with van der Waals surface area (Å²) in [7, 11) is 1.19. The Morgan fingerprint density at radius 2 is 1.96 bits per heavy atom. The van der Waals surface area contributed by atoms with Crippen LogP contribution in [0.25, 0.3) is 10.9 Å². The third-order valence-electron chi connectivity index (χ3n) is 3.82. The van der Waals surface area contributed by atoms with E-state index in [1.54, 1.807) is 29.7 Å². The highest BCUT2D eigenvalue weighted by molar-refractivity contribution is 8.00. The molecular weight excluding hydrogens is 354 g/mol. The molecule has 0 aliphatic carbocycles. The van der Waals surface area contributed by atoms with E-state index in [-0.39, 0.29) is 5.56 Å². The Morgan fingerprint density at radius 3 is 2.62 bits per heavy atom. The maximum Gasteiger partial charge on any atom is 0.413 e. The van der Waals surface area contributed by atoms with Crippen molar-refractivity contribution in [1.29, 1.82) is 0 Å². The van der Waals surface area contributed by atoms with Crippen molar-refractivity contribution in [3.05, 3.63) is 34.6 Å². The number of methoxy groups -OCH3 is 1. The molecule has 0 unspecified atom stereocenters. The minimum absolute atomic E-state index is 0.126. The molecule has 7 nitrogen and oxygen atoms in total. The number of nitrogens with zero attached hydrogens (tertiary/aromatic N) is 2. The Morgan fingerprint density at radius 1 is 1.27 bits per heavy atom. The Hall–Kier alpha value is -2.35. The van der Waals surface area contributed by atoms with Gasteiger partial charge in [0.05, 0.1) is 23.3 Å². The first-order valence-corrected chi connectivity index (χ1v) is 9.26. The summed E-state index contributed by atoms with van der Waals surface area (Å²) < 4.78 is 6.04. The second-order valence-electron chi connectivity index (χ2n) is 6.29. The molecule has 0 spiro atoms. The van der Waals surface area contributed by atoms with Gasteiger partial charge in [-0.25, -0.2) is 9.78 Å². The maximum absolute atomic E-state index is 12.9. The topological polar surface area (TPSA) is 90.3 Å². The van der Waals surface area contributed by atoms with E-state index in [4.69, 9.17) is 0 Å². The lowest BCUT2D eigenvalue weighted by Crippen LogP contribution is -2.36. The normalized spacial score (nSPS) is 12.2. The number of hydrogen-bond acceptors (Lipinski definition) is 6. The van der Waals surface area contributed by atoms with Crippen LogP contribution in [0.15, 0.2) is 34.2 Å². The van der Waals surface area contributed by atoms with Crippen molar-refractivity contribution in [2.45, 2.75) is 44.1 Å². The monoisotopic (exact) mass is 377 g/mol. The molecule has 0 aliphatic rings. The zero-order valence-electron chi connectivity index (χ0n) is 15.3. The summed E-state index contributed by atoms with van der Waals surface area (Å²) in [6.45, 7) is 6.33. The molecule has 1 N–H and O–H groups in total. The Kier molecular flexibility index (Phi) is 6.79. The summed E-state index contributed by atoms with van der Waals surface area (Å²) in [4.78, 5) is 40.8. The first-order chi connectivity index (χ1) is 12.3. The van der Waals surface area contributed by atoms with Crippen LogP contribution in [-0.4, -0.2) is 33.9 Å². The second kappa shape index (κ2) is 8.84. The second-order valence-corrected chi connectivity index (χ2v) is 7.60. The van der Waals surface area contributed by atoms with Crippen LogP contribution in [0.4, 0.5) is 4.79 Å². The van der Waals surface area contributed by atoms with Crippen LogP contribution < -0.4 is 10.9 Å². The van der Waals surface area contributed by atoms with Gasteiger partial charge >= 0.3 is 6.09 Å². The predicted molar refractivity (Wildman–Crippen MR) is 101 cm³/mol. The van der Waals surface area contributed by atoms with Crippen LogP contribution in [0.3, 0.4) is 0 Å². The molecule has 1 atom stereocenters. The number of rotatable bonds is 6. The first kappa shape index (κ1) is 20.0. The van der Waals surface area contributed by atoms with Crippen molar-refractivity contribution in [2.24, 2.45) is 5.92 Å². The number of carbonyl (C=O) groups excluding carboxylic acids is 2. The van der Waals surface area contributed by atoms with E-state index in [1.165, 1.54) is 7.11 Å². The van der Waals surface area contributed by atoms with E-state index in [2.05, 4.69) is 28.9 Å². The van der Waals surface area contributed by atoms with Crippen molar-refractivity contribution >= 4 is 34.7 Å². The van der Waals surface area contributed by atoms with Gasteiger partial charge in [0.2, 0.25) is 5.91 Å². The van der Waals surface area contributed by atoms with Gasteiger partial charge in [0.25, 0.3) is 5.56 Å². The Balaban J connectivity index is 2.37. The third kappa shape index (κ3) is 4.85. The number of thioether (sulfide) groups is 1. The fourth-order valence-corrected chi connectivity index (χ4v) is 3.22. The molecule has 1 aromatic carbocycles. The van der Waals surface area contributed by atoms with Gasteiger partial charge in [-0.1, -0.05) is 37.7 Å². The molecule has 1 aromatic heterocycles. The predicted octanol–water partition coefficient (Wildman–Crippen LogP) is 2.81. The molecular formula is C18H23N3O4S. The van der Waals surface area contributed by atoms with Crippen LogP contribution in [0.2, 0.25) is 0 Å². The zero-order valence-corrected chi connectivity index (χ0v) is 16.1. The van der Waals surface area contributed by atoms with E-state index in [0.717, 1.165) is 18.2 Å². The van der Waals surface area contributed by atoms with Gasteiger partial charge in [-0.2, -0.15) is 0 Å². The van der Waals surface area contributed by atoms with E-state index >= 15 is 0 Å². The Labute approximate surface area is 156 Å². The number of fused-ring (bicyclic) bond motifs is 1. The fraction of sp³-hybridized carbons (Fsp3) is 0.444. The molecule has 0 saturated carbocycles. The SMILES string of the molecule is COC(=O)NC(=O)[C@H](C)Sc1nc2ccccc2c(=O)n1CCC(C)C. The molecule has 1 heterocycles. The molecule has 0 saturated heterocycles.